The third-order valence-corrected chi connectivity index (χ3v) is 10.1. The molecule has 296 valence electrons. The maximum absolute atomic E-state index is 13.6. The van der Waals surface area contributed by atoms with Crippen molar-refractivity contribution in [2.45, 2.75) is 93.6 Å². The molecule has 1 saturated heterocycles. The van der Waals surface area contributed by atoms with Crippen LogP contribution in [0.5, 0.6) is 0 Å². The molecule has 1 aromatic heterocycles. The summed E-state index contributed by atoms with van der Waals surface area (Å²) in [5, 5.41) is 3.27. The second-order valence-electron chi connectivity index (χ2n) is 12.9. The van der Waals surface area contributed by atoms with E-state index in [1.807, 2.05) is 0 Å². The standard InChI is InChI=1S/C41H45N3O11S/c1-3-5-6-7-8-18-25-31(40(49)51-4-2)56-35-34(45)42-41(50)44(43-35)36-33(55-39(48)29-23-16-11-17-24-29)32(54-38(47)28-21-14-10-15-22-28)30(53-36)26-52-37(46)27-19-12-9-13-20-27/h9-17,19-24,30-33,36H,3-8,18,25-26H2,1-2H3,(H,42,45,50). The lowest BCUT2D eigenvalue weighted by molar-refractivity contribution is -0.142. The molecule has 4 aromatic rings. The zero-order valence-electron chi connectivity index (χ0n) is 31.2. The fourth-order valence-electron chi connectivity index (χ4n) is 6.01. The van der Waals surface area contributed by atoms with Crippen LogP contribution in [0, 0.1) is 0 Å². The summed E-state index contributed by atoms with van der Waals surface area (Å²) < 4.78 is 29.8. The van der Waals surface area contributed by atoms with Crippen LogP contribution in [0.2, 0.25) is 0 Å². The van der Waals surface area contributed by atoms with Crippen molar-refractivity contribution in [1.29, 1.82) is 0 Å². The van der Waals surface area contributed by atoms with Crippen molar-refractivity contribution < 1.29 is 42.9 Å². The molecule has 5 rings (SSSR count). The van der Waals surface area contributed by atoms with Gasteiger partial charge in [0.25, 0.3) is 5.56 Å². The van der Waals surface area contributed by atoms with Gasteiger partial charge in [-0.3, -0.25) is 14.6 Å². The molecule has 1 aliphatic heterocycles. The van der Waals surface area contributed by atoms with Crippen LogP contribution in [-0.4, -0.2) is 75.4 Å². The zero-order chi connectivity index (χ0) is 39.9. The summed E-state index contributed by atoms with van der Waals surface area (Å²) in [5.41, 5.74) is -1.35. The zero-order valence-corrected chi connectivity index (χ0v) is 32.0. The SMILES string of the molecule is CCCCCCCCC(Sc1nn(C2OC(COC(=O)c3ccccc3)C(OC(=O)c3ccccc3)C2OC(=O)c2ccccc2)c(=O)[nH]c1=O)C(=O)OCC. The number of rotatable bonds is 19. The molecule has 1 aliphatic rings. The lowest BCUT2D eigenvalue weighted by Gasteiger charge is -2.24. The molecule has 1 N–H and O–H groups in total. The molecule has 0 spiro atoms. The van der Waals surface area contributed by atoms with Crippen LogP contribution in [0.1, 0.15) is 96.1 Å². The lowest BCUT2D eigenvalue weighted by Crippen LogP contribution is -2.44. The van der Waals surface area contributed by atoms with Crippen LogP contribution in [0.25, 0.3) is 0 Å². The maximum atomic E-state index is 13.6. The van der Waals surface area contributed by atoms with Gasteiger partial charge in [-0.05, 0) is 49.7 Å². The fraction of sp³-hybridized carbons (Fsp3) is 0.390. The summed E-state index contributed by atoms with van der Waals surface area (Å²) in [4.78, 5) is 82.1. The average molecular weight is 788 g/mol. The predicted octanol–water partition coefficient (Wildman–Crippen LogP) is 5.91. The molecule has 0 saturated carbocycles. The Morgan fingerprint density at radius 3 is 1.84 bits per heavy atom. The van der Waals surface area contributed by atoms with Gasteiger partial charge >= 0.3 is 29.6 Å². The van der Waals surface area contributed by atoms with Gasteiger partial charge in [-0.15, -0.1) is 0 Å². The summed E-state index contributed by atoms with van der Waals surface area (Å²) in [5.74, 6) is -2.91. The first-order valence-corrected chi connectivity index (χ1v) is 19.5. The van der Waals surface area contributed by atoms with Gasteiger partial charge in [0.15, 0.2) is 23.5 Å². The van der Waals surface area contributed by atoms with Crippen LogP contribution in [0.4, 0.5) is 0 Å². The van der Waals surface area contributed by atoms with E-state index in [0.29, 0.717) is 12.8 Å². The monoisotopic (exact) mass is 787 g/mol. The molecular formula is C41H45N3O11S. The van der Waals surface area contributed by atoms with Crippen molar-refractivity contribution in [3.8, 4) is 0 Å². The quantitative estimate of drug-likeness (QED) is 0.0513. The number of aromatic nitrogens is 3. The third-order valence-electron chi connectivity index (χ3n) is 8.86. The normalized spacial score (nSPS) is 18.1. The van der Waals surface area contributed by atoms with Gasteiger partial charge < -0.3 is 23.7 Å². The highest BCUT2D eigenvalue weighted by Crippen LogP contribution is 2.35. The Kier molecular flexibility index (Phi) is 15.6. The predicted molar refractivity (Wildman–Crippen MR) is 205 cm³/mol. The summed E-state index contributed by atoms with van der Waals surface area (Å²) >= 11 is 0.840. The van der Waals surface area contributed by atoms with E-state index >= 15 is 0 Å². The summed E-state index contributed by atoms with van der Waals surface area (Å²) in [6.07, 6.45) is 0.313. The molecule has 14 nitrogen and oxygen atoms in total. The number of hydrogen-bond acceptors (Lipinski definition) is 13. The Balaban J connectivity index is 1.50. The van der Waals surface area contributed by atoms with Crippen LogP contribution in [0.3, 0.4) is 0 Å². The van der Waals surface area contributed by atoms with Crippen LogP contribution >= 0.6 is 11.8 Å². The van der Waals surface area contributed by atoms with E-state index in [1.165, 1.54) is 24.3 Å². The van der Waals surface area contributed by atoms with Gasteiger partial charge in [0.1, 0.15) is 18.0 Å². The second kappa shape index (κ2) is 20.9. The molecule has 0 aliphatic carbocycles. The molecule has 56 heavy (non-hydrogen) atoms. The first-order valence-electron chi connectivity index (χ1n) is 18.7. The summed E-state index contributed by atoms with van der Waals surface area (Å²) in [6.45, 7) is 3.43. The van der Waals surface area contributed by atoms with E-state index in [1.54, 1.807) is 73.7 Å². The number of H-pyrrole nitrogens is 1. The van der Waals surface area contributed by atoms with Gasteiger partial charge in [-0.25, -0.2) is 19.2 Å². The molecular weight excluding hydrogens is 743 g/mol. The van der Waals surface area contributed by atoms with Crippen LogP contribution < -0.4 is 11.2 Å². The average Bonchev–Trinajstić information content (AvgIpc) is 3.54. The van der Waals surface area contributed by atoms with Gasteiger partial charge in [-0.2, -0.15) is 9.78 Å². The van der Waals surface area contributed by atoms with E-state index < -0.39 is 71.5 Å². The fourth-order valence-corrected chi connectivity index (χ4v) is 7.02. The molecule has 1 fully saturated rings. The number of carbonyl (C=O) groups excluding carboxylic acids is 4. The Hall–Kier alpha value is -5.54. The molecule has 2 heterocycles. The van der Waals surface area contributed by atoms with Crippen molar-refractivity contribution in [1.82, 2.24) is 14.8 Å². The maximum Gasteiger partial charge on any atom is 0.347 e. The second-order valence-corrected chi connectivity index (χ2v) is 14.1. The number of carbonyl (C=O) groups is 4. The molecule has 3 aromatic carbocycles. The minimum absolute atomic E-state index is 0.124. The Morgan fingerprint density at radius 1 is 0.732 bits per heavy atom. The highest BCUT2D eigenvalue weighted by Gasteiger charge is 2.52. The topological polar surface area (TPSA) is 182 Å². The van der Waals surface area contributed by atoms with Crippen molar-refractivity contribution in [2.75, 3.05) is 13.2 Å². The van der Waals surface area contributed by atoms with Crippen LogP contribution in [-0.2, 0) is 28.5 Å². The van der Waals surface area contributed by atoms with E-state index in [9.17, 15) is 28.8 Å². The number of hydrogen-bond donors (Lipinski definition) is 1. The summed E-state index contributed by atoms with van der Waals surface area (Å²) in [6, 6.07) is 24.2. The molecule has 0 radical (unpaired) electrons. The number of nitrogens with one attached hydrogen (secondary N) is 1. The molecule has 0 bridgehead atoms. The highest BCUT2D eigenvalue weighted by atomic mass is 32.2. The number of thioether (sulfide) groups is 1. The molecule has 15 heteroatoms. The van der Waals surface area contributed by atoms with Crippen molar-refractivity contribution in [3.63, 3.8) is 0 Å². The largest absolute Gasteiger partial charge is 0.465 e. The Labute approximate surface area is 327 Å². The highest BCUT2D eigenvalue weighted by molar-refractivity contribution is 8.00. The van der Waals surface area contributed by atoms with E-state index in [4.69, 9.17) is 23.7 Å². The van der Waals surface area contributed by atoms with Gasteiger partial charge in [0, 0.05) is 0 Å². The van der Waals surface area contributed by atoms with Gasteiger partial charge in [0.2, 0.25) is 0 Å². The molecule has 5 unspecified atom stereocenters. The first kappa shape index (κ1) is 41.6. The Bertz CT molecular complexity index is 2030. The van der Waals surface area contributed by atoms with Crippen molar-refractivity contribution >= 4 is 35.6 Å². The number of benzene rings is 3. The van der Waals surface area contributed by atoms with Gasteiger partial charge in [-0.1, -0.05) is 112 Å². The lowest BCUT2D eigenvalue weighted by atomic mass is 10.1. The van der Waals surface area contributed by atoms with Crippen LogP contribution in [0.15, 0.2) is 106 Å². The smallest absolute Gasteiger partial charge is 0.347 e. The van der Waals surface area contributed by atoms with E-state index in [-0.39, 0.29) is 28.3 Å². The minimum atomic E-state index is -1.61. The minimum Gasteiger partial charge on any atom is -0.465 e. The molecule has 5 atom stereocenters. The molecule has 0 amide bonds. The number of unbranched alkanes of at least 4 members (excludes halogenated alkanes) is 5. The van der Waals surface area contributed by atoms with E-state index in [0.717, 1.165) is 48.5 Å². The van der Waals surface area contributed by atoms with E-state index in [2.05, 4.69) is 17.0 Å². The Morgan fingerprint density at radius 2 is 1.27 bits per heavy atom. The van der Waals surface area contributed by atoms with Gasteiger partial charge in [0.05, 0.1) is 23.3 Å². The summed E-state index contributed by atoms with van der Waals surface area (Å²) in [7, 11) is 0. The number of esters is 4. The number of aromatic amines is 1. The number of nitrogens with zero attached hydrogens (tertiary/aromatic N) is 2. The first-order chi connectivity index (χ1) is 27.2. The number of ether oxygens (including phenoxy) is 5. The third kappa shape index (κ3) is 11.3. The van der Waals surface area contributed by atoms with Crippen molar-refractivity contribution in [3.05, 3.63) is 129 Å². The van der Waals surface area contributed by atoms with Crippen molar-refractivity contribution in [2.24, 2.45) is 0 Å².